The molecular formula is C7H14N2O3S. The summed E-state index contributed by atoms with van der Waals surface area (Å²) < 4.78 is 24.3. The second-order valence-corrected chi connectivity index (χ2v) is 5.28. The molecule has 0 aliphatic heterocycles. The fraction of sp³-hybridized carbons (Fsp3) is 0.857. The number of nitrogens with two attached hydrogens (primary N) is 1. The topological polar surface area (TPSA) is 89.3 Å². The van der Waals surface area contributed by atoms with Crippen molar-refractivity contribution < 1.29 is 13.2 Å². The molecule has 1 aliphatic rings. The number of hydrogen-bond donors (Lipinski definition) is 2. The van der Waals surface area contributed by atoms with Gasteiger partial charge in [-0.2, -0.15) is 4.72 Å². The molecule has 0 aromatic heterocycles. The molecule has 3 N–H and O–H groups in total. The molecule has 1 amide bonds. The van der Waals surface area contributed by atoms with Crippen LogP contribution in [0.4, 0.5) is 0 Å². The van der Waals surface area contributed by atoms with Gasteiger partial charge in [0, 0.05) is 0 Å². The maximum atomic E-state index is 11.1. The lowest BCUT2D eigenvalue weighted by atomic mass is 9.99. The van der Waals surface area contributed by atoms with Crippen molar-refractivity contribution in [3.8, 4) is 0 Å². The molecule has 0 radical (unpaired) electrons. The third-order valence-electron chi connectivity index (χ3n) is 2.31. The minimum absolute atomic E-state index is 0.509. The average molecular weight is 206 g/mol. The van der Waals surface area contributed by atoms with Crippen LogP contribution in [0.1, 0.15) is 25.7 Å². The van der Waals surface area contributed by atoms with Gasteiger partial charge in [0.15, 0.2) is 0 Å². The number of amides is 1. The summed E-state index contributed by atoms with van der Waals surface area (Å²) in [4.78, 5) is 11.1. The van der Waals surface area contributed by atoms with E-state index in [4.69, 9.17) is 5.73 Å². The van der Waals surface area contributed by atoms with Gasteiger partial charge >= 0.3 is 0 Å². The quantitative estimate of drug-likeness (QED) is 0.642. The third-order valence-corrected chi connectivity index (χ3v) is 3.07. The molecule has 0 bridgehead atoms. The molecule has 0 atom stereocenters. The summed E-state index contributed by atoms with van der Waals surface area (Å²) in [5.41, 5.74) is 4.15. The van der Waals surface area contributed by atoms with Gasteiger partial charge in [0.25, 0.3) is 0 Å². The second kappa shape index (κ2) is 3.26. The summed E-state index contributed by atoms with van der Waals surface area (Å²) in [7, 11) is -3.36. The predicted octanol–water partition coefficient (Wildman–Crippen LogP) is -0.666. The highest BCUT2D eigenvalue weighted by atomic mass is 32.2. The zero-order valence-corrected chi connectivity index (χ0v) is 8.36. The van der Waals surface area contributed by atoms with Crippen molar-refractivity contribution in [2.24, 2.45) is 5.73 Å². The molecule has 6 heteroatoms. The molecule has 13 heavy (non-hydrogen) atoms. The van der Waals surface area contributed by atoms with Crippen LogP contribution in [0.3, 0.4) is 0 Å². The highest BCUT2D eigenvalue weighted by molar-refractivity contribution is 7.88. The van der Waals surface area contributed by atoms with E-state index in [9.17, 15) is 13.2 Å². The molecule has 1 rings (SSSR count). The molecule has 1 aliphatic carbocycles. The van der Waals surface area contributed by atoms with E-state index in [1.807, 2.05) is 0 Å². The summed E-state index contributed by atoms with van der Waals surface area (Å²) in [6.07, 6.45) is 3.73. The lowest BCUT2D eigenvalue weighted by molar-refractivity contribution is -0.123. The first kappa shape index (κ1) is 10.5. The summed E-state index contributed by atoms with van der Waals surface area (Å²) in [5.74, 6) is -0.574. The highest BCUT2D eigenvalue weighted by Crippen LogP contribution is 2.29. The lowest BCUT2D eigenvalue weighted by Crippen LogP contribution is -2.55. The number of carbonyl (C=O) groups is 1. The number of sulfonamides is 1. The van der Waals surface area contributed by atoms with Gasteiger partial charge in [0.2, 0.25) is 15.9 Å². The molecule has 0 aromatic carbocycles. The maximum absolute atomic E-state index is 11.1. The Hall–Kier alpha value is -0.620. The van der Waals surface area contributed by atoms with Gasteiger partial charge < -0.3 is 5.73 Å². The molecule has 76 valence electrons. The van der Waals surface area contributed by atoms with Crippen LogP contribution in [0, 0.1) is 0 Å². The SMILES string of the molecule is CS(=O)(=O)NC1(C(N)=O)CCCC1. The third kappa shape index (κ3) is 2.41. The summed E-state index contributed by atoms with van der Waals surface area (Å²) in [6.45, 7) is 0. The van der Waals surface area contributed by atoms with Gasteiger partial charge in [-0.15, -0.1) is 0 Å². The van der Waals surface area contributed by atoms with Gasteiger partial charge in [-0.25, -0.2) is 8.42 Å². The van der Waals surface area contributed by atoms with Gasteiger partial charge in [0.1, 0.15) is 5.54 Å². The standard InChI is InChI=1S/C7H14N2O3S/c1-13(11,12)9-7(6(8)10)4-2-3-5-7/h9H,2-5H2,1H3,(H2,8,10). The number of hydrogen-bond acceptors (Lipinski definition) is 3. The van der Waals surface area contributed by atoms with Crippen molar-refractivity contribution in [3.63, 3.8) is 0 Å². The molecule has 0 saturated heterocycles. The Labute approximate surface area is 77.7 Å². The van der Waals surface area contributed by atoms with E-state index in [1.54, 1.807) is 0 Å². The van der Waals surface area contributed by atoms with Crippen LogP contribution in [-0.4, -0.2) is 26.1 Å². The van der Waals surface area contributed by atoms with E-state index in [0.717, 1.165) is 19.1 Å². The molecule has 0 heterocycles. The summed E-state index contributed by atoms with van der Waals surface area (Å²) >= 11 is 0. The minimum Gasteiger partial charge on any atom is -0.368 e. The van der Waals surface area contributed by atoms with Crippen LogP contribution >= 0.6 is 0 Å². The maximum Gasteiger partial charge on any atom is 0.238 e. The first-order valence-electron chi connectivity index (χ1n) is 4.15. The van der Waals surface area contributed by atoms with Crippen molar-refractivity contribution in [2.45, 2.75) is 31.2 Å². The fourth-order valence-corrected chi connectivity index (χ4v) is 2.75. The van der Waals surface area contributed by atoms with Crippen molar-refractivity contribution >= 4 is 15.9 Å². The molecule has 1 fully saturated rings. The van der Waals surface area contributed by atoms with Gasteiger partial charge in [-0.1, -0.05) is 12.8 Å². The molecule has 0 spiro atoms. The Morgan fingerprint density at radius 1 is 1.38 bits per heavy atom. The molecule has 5 nitrogen and oxygen atoms in total. The van der Waals surface area contributed by atoms with Gasteiger partial charge in [0.05, 0.1) is 6.26 Å². The zero-order valence-electron chi connectivity index (χ0n) is 7.54. The first-order valence-corrected chi connectivity index (χ1v) is 6.04. The lowest BCUT2D eigenvalue weighted by Gasteiger charge is -2.24. The van der Waals surface area contributed by atoms with Crippen LogP contribution in [0.15, 0.2) is 0 Å². The number of carbonyl (C=O) groups excluding carboxylic acids is 1. The number of nitrogens with one attached hydrogen (secondary N) is 1. The number of primary amides is 1. The Morgan fingerprint density at radius 3 is 2.15 bits per heavy atom. The van der Waals surface area contributed by atoms with E-state index in [2.05, 4.69) is 4.72 Å². The normalized spacial score (nSPS) is 21.6. The molecule has 1 saturated carbocycles. The molecule has 0 aromatic rings. The van der Waals surface area contributed by atoms with E-state index in [-0.39, 0.29) is 0 Å². The van der Waals surface area contributed by atoms with Crippen molar-refractivity contribution in [2.75, 3.05) is 6.26 Å². The Balaban J connectivity index is 2.86. The molecular weight excluding hydrogens is 192 g/mol. The van der Waals surface area contributed by atoms with Crippen LogP contribution < -0.4 is 10.5 Å². The fourth-order valence-electron chi connectivity index (χ4n) is 1.73. The Bertz CT molecular complexity index is 304. The van der Waals surface area contributed by atoms with Gasteiger partial charge in [-0.05, 0) is 12.8 Å². The minimum atomic E-state index is -3.36. The monoisotopic (exact) mass is 206 g/mol. The predicted molar refractivity (Wildman–Crippen MR) is 48.4 cm³/mol. The van der Waals surface area contributed by atoms with E-state index in [1.165, 1.54) is 0 Å². The summed E-state index contributed by atoms with van der Waals surface area (Å²) in [6, 6.07) is 0. The molecule has 0 unspecified atom stereocenters. The van der Waals surface area contributed by atoms with Crippen LogP contribution in [0.5, 0.6) is 0 Å². The van der Waals surface area contributed by atoms with E-state index < -0.39 is 21.5 Å². The smallest absolute Gasteiger partial charge is 0.238 e. The van der Waals surface area contributed by atoms with Gasteiger partial charge in [-0.3, -0.25) is 4.79 Å². The van der Waals surface area contributed by atoms with Crippen molar-refractivity contribution in [1.82, 2.24) is 4.72 Å². The van der Waals surface area contributed by atoms with Crippen molar-refractivity contribution in [1.29, 1.82) is 0 Å². The second-order valence-electron chi connectivity index (χ2n) is 3.53. The highest BCUT2D eigenvalue weighted by Gasteiger charge is 2.41. The van der Waals surface area contributed by atoms with Crippen LogP contribution in [0.25, 0.3) is 0 Å². The van der Waals surface area contributed by atoms with Crippen molar-refractivity contribution in [3.05, 3.63) is 0 Å². The first-order chi connectivity index (χ1) is 5.86. The number of rotatable bonds is 3. The largest absolute Gasteiger partial charge is 0.368 e. The Morgan fingerprint density at radius 2 is 1.85 bits per heavy atom. The van der Waals surface area contributed by atoms with Crippen LogP contribution in [0.2, 0.25) is 0 Å². The average Bonchev–Trinajstić information content (AvgIpc) is 2.33. The zero-order chi connectivity index (χ0) is 10.1. The van der Waals surface area contributed by atoms with E-state index in [0.29, 0.717) is 12.8 Å². The van der Waals surface area contributed by atoms with Crippen LogP contribution in [-0.2, 0) is 14.8 Å². The Kier molecular flexibility index (Phi) is 2.63. The van der Waals surface area contributed by atoms with E-state index >= 15 is 0 Å². The summed E-state index contributed by atoms with van der Waals surface area (Å²) in [5, 5.41) is 0.